The number of hydrogen-bond acceptors (Lipinski definition) is 0. The summed E-state index contributed by atoms with van der Waals surface area (Å²) in [5.41, 5.74) is 5.53. The third kappa shape index (κ3) is 2.89. The minimum atomic E-state index is 0.338. The Labute approximate surface area is 134 Å². The van der Waals surface area contributed by atoms with Crippen molar-refractivity contribution in [3.05, 3.63) is 82.9 Å². The van der Waals surface area contributed by atoms with Crippen molar-refractivity contribution in [2.75, 3.05) is 0 Å². The van der Waals surface area contributed by atoms with Crippen LogP contribution in [0.25, 0.3) is 10.8 Å². The van der Waals surface area contributed by atoms with E-state index in [9.17, 15) is 0 Å². The number of hydrogen-bond donors (Lipinski definition) is 0. The molecule has 0 saturated heterocycles. The second kappa shape index (κ2) is 6.03. The summed E-state index contributed by atoms with van der Waals surface area (Å²) < 4.78 is 0. The van der Waals surface area contributed by atoms with Crippen LogP contribution in [0, 0.1) is 13.8 Å². The molecule has 3 rings (SSSR count). The van der Waals surface area contributed by atoms with Crippen LogP contribution in [0.15, 0.2) is 60.7 Å². The predicted octanol–water partition coefficient (Wildman–Crippen LogP) is 6.14. The fourth-order valence-corrected chi connectivity index (χ4v) is 3.91. The van der Waals surface area contributed by atoms with Crippen molar-refractivity contribution < 1.29 is 0 Å². The van der Waals surface area contributed by atoms with Crippen molar-refractivity contribution in [1.29, 1.82) is 0 Å². The van der Waals surface area contributed by atoms with Gasteiger partial charge in [-0.3, -0.25) is 0 Å². The van der Waals surface area contributed by atoms with E-state index in [2.05, 4.69) is 90.4 Å². The zero-order valence-electron chi connectivity index (χ0n) is 12.4. The zero-order chi connectivity index (χ0) is 14.8. The Morgan fingerprint density at radius 2 is 1.52 bits per heavy atom. The molecular weight excluding hydrogens is 320 g/mol. The average molecular weight is 339 g/mol. The van der Waals surface area contributed by atoms with Crippen molar-refractivity contribution in [3.8, 4) is 0 Å². The molecule has 3 aromatic carbocycles. The van der Waals surface area contributed by atoms with Gasteiger partial charge in [0.1, 0.15) is 0 Å². The Balaban J connectivity index is 2.04. The van der Waals surface area contributed by atoms with Crippen LogP contribution in [0.5, 0.6) is 0 Å². The Kier molecular flexibility index (Phi) is 4.12. The highest BCUT2D eigenvalue weighted by molar-refractivity contribution is 9.09. The minimum Gasteiger partial charge on any atom is -0.0835 e. The summed E-state index contributed by atoms with van der Waals surface area (Å²) in [4.78, 5) is 0.338. The van der Waals surface area contributed by atoms with Gasteiger partial charge in [0.15, 0.2) is 0 Å². The molecule has 21 heavy (non-hydrogen) atoms. The molecule has 0 aliphatic carbocycles. The third-order valence-corrected chi connectivity index (χ3v) is 4.94. The number of fused-ring (bicyclic) bond motifs is 1. The lowest BCUT2D eigenvalue weighted by Gasteiger charge is -2.17. The van der Waals surface area contributed by atoms with Gasteiger partial charge in [0, 0.05) is 4.83 Å². The van der Waals surface area contributed by atoms with Gasteiger partial charge in [-0.2, -0.15) is 0 Å². The van der Waals surface area contributed by atoms with Gasteiger partial charge in [0.25, 0.3) is 0 Å². The predicted molar refractivity (Wildman–Crippen MR) is 95.2 cm³/mol. The molecule has 0 aromatic heterocycles. The van der Waals surface area contributed by atoms with Crippen LogP contribution in [0.4, 0.5) is 0 Å². The standard InChI is InChI=1S/C20H19Br/c1-14-7-3-4-9-17(14)13-19(21)20-15(2)11-12-16-8-5-6-10-18(16)20/h3-12,19H,13H2,1-2H3. The Bertz CT molecular complexity index is 774. The van der Waals surface area contributed by atoms with E-state index in [1.165, 1.54) is 33.0 Å². The zero-order valence-corrected chi connectivity index (χ0v) is 14.0. The summed E-state index contributed by atoms with van der Waals surface area (Å²) in [5, 5.41) is 2.67. The maximum atomic E-state index is 3.93. The van der Waals surface area contributed by atoms with Gasteiger partial charge in [-0.1, -0.05) is 76.6 Å². The molecule has 1 heteroatoms. The van der Waals surface area contributed by atoms with Crippen molar-refractivity contribution in [2.45, 2.75) is 25.1 Å². The summed E-state index contributed by atoms with van der Waals surface area (Å²) in [5.74, 6) is 0. The van der Waals surface area contributed by atoms with E-state index in [0.29, 0.717) is 4.83 Å². The molecule has 0 N–H and O–H groups in total. The molecule has 1 atom stereocenters. The molecular formula is C20H19Br. The second-order valence-electron chi connectivity index (χ2n) is 5.62. The summed E-state index contributed by atoms with van der Waals surface area (Å²) >= 11 is 3.93. The molecule has 0 heterocycles. The molecule has 106 valence electrons. The van der Waals surface area contributed by atoms with Gasteiger partial charge in [0.2, 0.25) is 0 Å². The van der Waals surface area contributed by atoms with Crippen LogP contribution in [0.3, 0.4) is 0 Å². The van der Waals surface area contributed by atoms with Crippen LogP contribution < -0.4 is 0 Å². The van der Waals surface area contributed by atoms with Crippen molar-refractivity contribution in [3.63, 3.8) is 0 Å². The van der Waals surface area contributed by atoms with Gasteiger partial charge < -0.3 is 0 Å². The molecule has 0 aliphatic heterocycles. The lowest BCUT2D eigenvalue weighted by Crippen LogP contribution is -2.00. The normalized spacial score (nSPS) is 12.5. The van der Waals surface area contributed by atoms with E-state index in [4.69, 9.17) is 0 Å². The molecule has 0 nitrogen and oxygen atoms in total. The van der Waals surface area contributed by atoms with E-state index in [1.54, 1.807) is 0 Å². The molecule has 0 amide bonds. The van der Waals surface area contributed by atoms with Gasteiger partial charge in [-0.15, -0.1) is 0 Å². The lowest BCUT2D eigenvalue weighted by atomic mass is 9.93. The second-order valence-corrected chi connectivity index (χ2v) is 6.72. The first-order valence-corrected chi connectivity index (χ1v) is 8.25. The fraction of sp³-hybridized carbons (Fsp3) is 0.200. The third-order valence-electron chi connectivity index (χ3n) is 4.16. The van der Waals surface area contributed by atoms with Gasteiger partial charge >= 0.3 is 0 Å². The minimum absolute atomic E-state index is 0.338. The number of halogens is 1. The number of alkyl halides is 1. The van der Waals surface area contributed by atoms with Crippen molar-refractivity contribution in [2.24, 2.45) is 0 Å². The highest BCUT2D eigenvalue weighted by Gasteiger charge is 2.15. The first-order chi connectivity index (χ1) is 10.2. The molecule has 1 unspecified atom stereocenters. The van der Waals surface area contributed by atoms with E-state index in [0.717, 1.165) is 6.42 Å². The largest absolute Gasteiger partial charge is 0.0835 e. The SMILES string of the molecule is Cc1ccccc1CC(Br)c1c(C)ccc2ccccc12. The van der Waals surface area contributed by atoms with E-state index in [-0.39, 0.29) is 0 Å². The van der Waals surface area contributed by atoms with E-state index >= 15 is 0 Å². The van der Waals surface area contributed by atoms with Crippen molar-refractivity contribution in [1.82, 2.24) is 0 Å². The number of benzene rings is 3. The maximum Gasteiger partial charge on any atom is 0.0444 e. The highest BCUT2D eigenvalue weighted by Crippen LogP contribution is 2.35. The molecule has 0 bridgehead atoms. The Morgan fingerprint density at radius 1 is 0.810 bits per heavy atom. The Morgan fingerprint density at radius 3 is 2.33 bits per heavy atom. The molecule has 0 fully saturated rings. The summed E-state index contributed by atoms with van der Waals surface area (Å²) in [6.07, 6.45) is 1.02. The number of rotatable bonds is 3. The van der Waals surface area contributed by atoms with Crippen LogP contribution >= 0.6 is 15.9 Å². The van der Waals surface area contributed by atoms with E-state index in [1.807, 2.05) is 0 Å². The quantitative estimate of drug-likeness (QED) is 0.503. The summed E-state index contributed by atoms with van der Waals surface area (Å²) in [6, 6.07) is 21.7. The van der Waals surface area contributed by atoms with Gasteiger partial charge in [-0.05, 0) is 53.3 Å². The number of aryl methyl sites for hydroxylation is 2. The van der Waals surface area contributed by atoms with E-state index < -0.39 is 0 Å². The van der Waals surface area contributed by atoms with Crippen LogP contribution in [-0.2, 0) is 6.42 Å². The molecule has 0 aliphatic rings. The fourth-order valence-electron chi connectivity index (χ4n) is 2.95. The summed E-state index contributed by atoms with van der Waals surface area (Å²) in [7, 11) is 0. The smallest absolute Gasteiger partial charge is 0.0444 e. The average Bonchev–Trinajstić information content (AvgIpc) is 2.49. The molecule has 0 radical (unpaired) electrons. The topological polar surface area (TPSA) is 0 Å². The highest BCUT2D eigenvalue weighted by atomic mass is 79.9. The maximum absolute atomic E-state index is 3.93. The molecule has 3 aromatic rings. The molecule has 0 saturated carbocycles. The monoisotopic (exact) mass is 338 g/mol. The van der Waals surface area contributed by atoms with Crippen LogP contribution in [0.1, 0.15) is 27.1 Å². The first-order valence-electron chi connectivity index (χ1n) is 7.33. The molecule has 0 spiro atoms. The van der Waals surface area contributed by atoms with Crippen LogP contribution in [-0.4, -0.2) is 0 Å². The first kappa shape index (κ1) is 14.3. The lowest BCUT2D eigenvalue weighted by molar-refractivity contribution is 0.937. The van der Waals surface area contributed by atoms with Crippen molar-refractivity contribution >= 4 is 26.7 Å². The van der Waals surface area contributed by atoms with Crippen LogP contribution in [0.2, 0.25) is 0 Å². The van der Waals surface area contributed by atoms with Gasteiger partial charge in [-0.25, -0.2) is 0 Å². The summed E-state index contributed by atoms with van der Waals surface area (Å²) in [6.45, 7) is 4.39. The van der Waals surface area contributed by atoms with Gasteiger partial charge in [0.05, 0.1) is 0 Å². The Hall–Kier alpha value is -1.60.